The SMILES string of the molecule is CCC(Nc1ccc(F)cc1)(C(=O)O)c1ccc(F)cn1. The molecule has 1 aromatic heterocycles. The van der Waals surface area contributed by atoms with E-state index in [0.29, 0.717) is 5.69 Å². The number of nitrogens with zero attached hydrogens (tertiary/aromatic N) is 1. The third kappa shape index (κ3) is 2.99. The van der Waals surface area contributed by atoms with Crippen molar-refractivity contribution < 1.29 is 18.7 Å². The van der Waals surface area contributed by atoms with Crippen molar-refractivity contribution in [1.82, 2.24) is 4.98 Å². The van der Waals surface area contributed by atoms with Gasteiger partial charge in [0.05, 0.1) is 11.9 Å². The molecule has 2 rings (SSSR count). The molecule has 0 saturated carbocycles. The molecule has 0 amide bonds. The van der Waals surface area contributed by atoms with E-state index in [4.69, 9.17) is 0 Å². The molecular weight excluding hydrogens is 278 g/mol. The molecule has 1 unspecified atom stereocenters. The molecule has 0 aliphatic heterocycles. The Kier molecular flexibility index (Phi) is 4.16. The summed E-state index contributed by atoms with van der Waals surface area (Å²) in [6, 6.07) is 7.80. The van der Waals surface area contributed by atoms with E-state index in [2.05, 4.69) is 10.3 Å². The lowest BCUT2D eigenvalue weighted by atomic mass is 9.91. The second-order valence-electron chi connectivity index (χ2n) is 4.56. The third-order valence-corrected chi connectivity index (χ3v) is 3.26. The van der Waals surface area contributed by atoms with E-state index in [1.165, 1.54) is 30.3 Å². The molecule has 0 saturated heterocycles. The van der Waals surface area contributed by atoms with Crippen molar-refractivity contribution >= 4 is 11.7 Å². The number of anilines is 1. The topological polar surface area (TPSA) is 62.2 Å². The lowest BCUT2D eigenvalue weighted by Gasteiger charge is -2.30. The van der Waals surface area contributed by atoms with Gasteiger partial charge >= 0.3 is 5.97 Å². The molecule has 21 heavy (non-hydrogen) atoms. The van der Waals surface area contributed by atoms with E-state index in [0.717, 1.165) is 12.3 Å². The van der Waals surface area contributed by atoms with Crippen molar-refractivity contribution in [3.8, 4) is 0 Å². The van der Waals surface area contributed by atoms with Gasteiger partial charge in [-0.1, -0.05) is 6.92 Å². The fourth-order valence-corrected chi connectivity index (χ4v) is 2.06. The molecular formula is C15H14F2N2O2. The van der Waals surface area contributed by atoms with Gasteiger partial charge in [0.2, 0.25) is 0 Å². The molecule has 2 N–H and O–H groups in total. The van der Waals surface area contributed by atoms with Crippen molar-refractivity contribution in [2.75, 3.05) is 5.32 Å². The Morgan fingerprint density at radius 1 is 1.19 bits per heavy atom. The number of hydrogen-bond donors (Lipinski definition) is 2. The standard InChI is InChI=1S/C15H14F2N2O2/c1-2-15(14(20)21,13-8-5-11(17)9-18-13)19-12-6-3-10(16)4-7-12/h3-9,19H,2H2,1H3,(H,20,21). The van der Waals surface area contributed by atoms with Crippen LogP contribution in [-0.2, 0) is 10.3 Å². The summed E-state index contributed by atoms with van der Waals surface area (Å²) in [6.07, 6.45) is 1.15. The number of pyridine rings is 1. The number of benzene rings is 1. The van der Waals surface area contributed by atoms with Crippen LogP contribution in [0.1, 0.15) is 19.0 Å². The van der Waals surface area contributed by atoms with Crippen LogP contribution < -0.4 is 5.32 Å². The van der Waals surface area contributed by atoms with Gasteiger partial charge in [0, 0.05) is 5.69 Å². The maximum atomic E-state index is 13.0. The first-order valence-electron chi connectivity index (χ1n) is 6.37. The predicted octanol–water partition coefficient (Wildman–Crippen LogP) is 3.16. The molecule has 6 heteroatoms. The van der Waals surface area contributed by atoms with Crippen LogP contribution >= 0.6 is 0 Å². The summed E-state index contributed by atoms with van der Waals surface area (Å²) in [5, 5.41) is 12.4. The minimum atomic E-state index is -1.51. The Balaban J connectivity index is 2.44. The van der Waals surface area contributed by atoms with Crippen molar-refractivity contribution in [2.24, 2.45) is 0 Å². The fourth-order valence-electron chi connectivity index (χ4n) is 2.06. The number of carboxylic acids is 1. The first-order chi connectivity index (χ1) is 9.98. The zero-order valence-corrected chi connectivity index (χ0v) is 11.3. The monoisotopic (exact) mass is 292 g/mol. The van der Waals surface area contributed by atoms with Gasteiger partial charge in [-0.15, -0.1) is 0 Å². The number of nitrogens with one attached hydrogen (secondary N) is 1. The van der Waals surface area contributed by atoms with E-state index < -0.39 is 23.1 Å². The second kappa shape index (κ2) is 5.87. The summed E-state index contributed by atoms with van der Waals surface area (Å²) >= 11 is 0. The van der Waals surface area contributed by atoms with Crippen molar-refractivity contribution in [3.63, 3.8) is 0 Å². The second-order valence-corrected chi connectivity index (χ2v) is 4.56. The van der Waals surface area contributed by atoms with Crippen LogP contribution in [0.3, 0.4) is 0 Å². The highest BCUT2D eigenvalue weighted by Gasteiger charge is 2.40. The minimum Gasteiger partial charge on any atom is -0.479 e. The number of halogens is 2. The summed E-state index contributed by atoms with van der Waals surface area (Å²) in [5.74, 6) is -2.11. The van der Waals surface area contributed by atoms with Crippen LogP contribution in [0.15, 0.2) is 42.6 Å². The quantitative estimate of drug-likeness (QED) is 0.888. The highest BCUT2D eigenvalue weighted by atomic mass is 19.1. The number of carbonyl (C=O) groups is 1. The average molecular weight is 292 g/mol. The van der Waals surface area contributed by atoms with Crippen molar-refractivity contribution in [1.29, 1.82) is 0 Å². The average Bonchev–Trinajstić information content (AvgIpc) is 2.47. The van der Waals surface area contributed by atoms with Gasteiger partial charge in [0.15, 0.2) is 5.54 Å². The van der Waals surface area contributed by atoms with E-state index in [-0.39, 0.29) is 12.1 Å². The summed E-state index contributed by atoms with van der Waals surface area (Å²) in [5.41, 5.74) is -0.888. The highest BCUT2D eigenvalue weighted by molar-refractivity contribution is 5.84. The first kappa shape index (κ1) is 14.9. The Morgan fingerprint density at radius 2 is 1.81 bits per heavy atom. The van der Waals surface area contributed by atoms with Crippen molar-refractivity contribution in [2.45, 2.75) is 18.9 Å². The molecule has 2 aromatic rings. The van der Waals surface area contributed by atoms with Crippen LogP contribution in [0.4, 0.5) is 14.5 Å². The summed E-state index contributed by atoms with van der Waals surface area (Å²) in [4.78, 5) is 15.6. The molecule has 0 aliphatic carbocycles. The molecule has 0 fully saturated rings. The summed E-state index contributed by atoms with van der Waals surface area (Å²) < 4.78 is 25.9. The van der Waals surface area contributed by atoms with Crippen molar-refractivity contribution in [3.05, 3.63) is 59.9 Å². The van der Waals surface area contributed by atoms with Gasteiger partial charge in [0.1, 0.15) is 11.6 Å². The van der Waals surface area contributed by atoms with Gasteiger partial charge in [-0.3, -0.25) is 4.98 Å². The minimum absolute atomic E-state index is 0.179. The molecule has 1 heterocycles. The van der Waals surface area contributed by atoms with Crippen LogP contribution in [0.25, 0.3) is 0 Å². The Labute approximate surface area is 120 Å². The fraction of sp³-hybridized carbons (Fsp3) is 0.200. The van der Waals surface area contributed by atoms with E-state index >= 15 is 0 Å². The molecule has 4 nitrogen and oxygen atoms in total. The smallest absolute Gasteiger partial charge is 0.335 e. The maximum Gasteiger partial charge on any atom is 0.335 e. The largest absolute Gasteiger partial charge is 0.479 e. The zero-order chi connectivity index (χ0) is 15.5. The normalized spacial score (nSPS) is 13.5. The molecule has 0 bridgehead atoms. The lowest BCUT2D eigenvalue weighted by molar-refractivity contribution is -0.143. The van der Waals surface area contributed by atoms with Crippen LogP contribution in [0.2, 0.25) is 0 Å². The number of aromatic nitrogens is 1. The summed E-state index contributed by atoms with van der Waals surface area (Å²) in [6.45, 7) is 1.68. The van der Waals surface area contributed by atoms with E-state index in [1.54, 1.807) is 6.92 Å². The molecule has 0 spiro atoms. The van der Waals surface area contributed by atoms with Crippen LogP contribution in [-0.4, -0.2) is 16.1 Å². The molecule has 1 atom stereocenters. The molecule has 1 aromatic carbocycles. The zero-order valence-electron chi connectivity index (χ0n) is 11.3. The Hall–Kier alpha value is -2.50. The third-order valence-electron chi connectivity index (χ3n) is 3.26. The Morgan fingerprint density at radius 3 is 2.29 bits per heavy atom. The number of hydrogen-bond acceptors (Lipinski definition) is 3. The highest BCUT2D eigenvalue weighted by Crippen LogP contribution is 2.29. The van der Waals surface area contributed by atoms with Gasteiger partial charge < -0.3 is 10.4 Å². The van der Waals surface area contributed by atoms with Crippen LogP contribution in [0.5, 0.6) is 0 Å². The van der Waals surface area contributed by atoms with E-state index in [9.17, 15) is 18.7 Å². The van der Waals surface area contributed by atoms with E-state index in [1.807, 2.05) is 0 Å². The predicted molar refractivity (Wildman–Crippen MR) is 73.8 cm³/mol. The Bertz CT molecular complexity index is 629. The lowest BCUT2D eigenvalue weighted by Crippen LogP contribution is -2.43. The first-order valence-corrected chi connectivity index (χ1v) is 6.37. The maximum absolute atomic E-state index is 13.0. The van der Waals surface area contributed by atoms with Gasteiger partial charge in [-0.05, 0) is 42.8 Å². The van der Waals surface area contributed by atoms with Crippen LogP contribution in [0, 0.1) is 11.6 Å². The van der Waals surface area contributed by atoms with Gasteiger partial charge in [-0.25, -0.2) is 13.6 Å². The molecule has 0 radical (unpaired) electrons. The molecule has 110 valence electrons. The van der Waals surface area contributed by atoms with Gasteiger partial charge in [-0.2, -0.15) is 0 Å². The number of rotatable bonds is 5. The number of aliphatic carboxylic acids is 1. The summed E-state index contributed by atoms with van der Waals surface area (Å²) in [7, 11) is 0. The van der Waals surface area contributed by atoms with Gasteiger partial charge in [0.25, 0.3) is 0 Å². The molecule has 0 aliphatic rings. The number of carboxylic acid groups (broad SMARTS) is 1.